The second-order valence-electron chi connectivity index (χ2n) is 2.69. The van der Waals surface area contributed by atoms with Crippen LogP contribution in [0.3, 0.4) is 0 Å². The second kappa shape index (κ2) is 3.45. The Labute approximate surface area is 79.8 Å². The molecule has 0 aromatic heterocycles. The number of hydrogen-bond donors (Lipinski definition) is 1. The Balaban J connectivity index is 2.09. The van der Waals surface area contributed by atoms with Crippen LogP contribution in [0.25, 0.3) is 0 Å². The lowest BCUT2D eigenvalue weighted by atomic mass is 10.3. The van der Waals surface area contributed by atoms with Crippen LogP contribution in [-0.2, 0) is 4.74 Å². The van der Waals surface area contributed by atoms with E-state index in [4.69, 9.17) is 14.6 Å². The van der Waals surface area contributed by atoms with E-state index in [9.17, 15) is 4.79 Å². The van der Waals surface area contributed by atoms with Crippen LogP contribution in [0.5, 0.6) is 11.5 Å². The average Bonchev–Trinajstić information content (AvgIpc) is 2.17. The summed E-state index contributed by atoms with van der Waals surface area (Å²) in [5, 5.41) is 8.36. The monoisotopic (exact) mass is 196 g/mol. The third kappa shape index (κ3) is 1.71. The quantitative estimate of drug-likeness (QED) is 0.689. The molecule has 74 valence electrons. The number of carbonyl (C=O) groups is 1. The summed E-state index contributed by atoms with van der Waals surface area (Å²) in [5.41, 5.74) is 0. The summed E-state index contributed by atoms with van der Waals surface area (Å²) >= 11 is 0. The standard InChI is InChI=1S/C9H8O5/c10-9(11)14-8-5-12-6-3-1-2-4-7(6)13-8/h1-4,8H,5H2,(H,10,11). The number of carboxylic acid groups (broad SMARTS) is 1. The number of rotatable bonds is 1. The highest BCUT2D eigenvalue weighted by Crippen LogP contribution is 2.30. The lowest BCUT2D eigenvalue weighted by Gasteiger charge is -2.24. The van der Waals surface area contributed by atoms with E-state index in [1.165, 1.54) is 0 Å². The molecule has 1 aromatic rings. The van der Waals surface area contributed by atoms with Crippen LogP contribution in [0, 0.1) is 0 Å². The molecule has 0 saturated carbocycles. The van der Waals surface area contributed by atoms with E-state index in [2.05, 4.69) is 4.74 Å². The van der Waals surface area contributed by atoms with Crippen molar-refractivity contribution in [2.75, 3.05) is 6.61 Å². The van der Waals surface area contributed by atoms with Crippen molar-refractivity contribution in [1.82, 2.24) is 0 Å². The van der Waals surface area contributed by atoms with Gasteiger partial charge in [0.15, 0.2) is 18.1 Å². The minimum atomic E-state index is -1.38. The van der Waals surface area contributed by atoms with Crippen molar-refractivity contribution in [2.24, 2.45) is 0 Å². The van der Waals surface area contributed by atoms with E-state index in [0.717, 1.165) is 0 Å². The first-order valence-electron chi connectivity index (χ1n) is 4.04. The second-order valence-corrected chi connectivity index (χ2v) is 2.69. The van der Waals surface area contributed by atoms with Crippen LogP contribution in [0.4, 0.5) is 4.79 Å². The Hall–Kier alpha value is -1.91. The first-order valence-corrected chi connectivity index (χ1v) is 4.04. The van der Waals surface area contributed by atoms with Crippen molar-refractivity contribution >= 4 is 6.16 Å². The first-order chi connectivity index (χ1) is 6.75. The van der Waals surface area contributed by atoms with Crippen LogP contribution < -0.4 is 9.47 Å². The largest absolute Gasteiger partial charge is 0.509 e. The zero-order chi connectivity index (χ0) is 9.97. The molecule has 2 rings (SSSR count). The molecule has 1 unspecified atom stereocenters. The molecule has 1 aliphatic heterocycles. The van der Waals surface area contributed by atoms with Crippen molar-refractivity contribution in [1.29, 1.82) is 0 Å². The zero-order valence-electron chi connectivity index (χ0n) is 7.17. The van der Waals surface area contributed by atoms with Gasteiger partial charge in [0, 0.05) is 0 Å². The molecular formula is C9H8O5. The molecule has 0 amide bonds. The minimum absolute atomic E-state index is 0.0727. The molecule has 1 N–H and O–H groups in total. The molecule has 1 atom stereocenters. The van der Waals surface area contributed by atoms with Crippen LogP contribution in [0.2, 0.25) is 0 Å². The van der Waals surface area contributed by atoms with Gasteiger partial charge in [-0.3, -0.25) is 0 Å². The van der Waals surface area contributed by atoms with Gasteiger partial charge in [-0.1, -0.05) is 12.1 Å². The average molecular weight is 196 g/mol. The van der Waals surface area contributed by atoms with E-state index < -0.39 is 12.4 Å². The van der Waals surface area contributed by atoms with Gasteiger partial charge in [0.1, 0.15) is 0 Å². The van der Waals surface area contributed by atoms with Gasteiger partial charge >= 0.3 is 6.16 Å². The molecule has 0 spiro atoms. The van der Waals surface area contributed by atoms with Gasteiger partial charge in [0.25, 0.3) is 6.29 Å². The maximum Gasteiger partial charge on any atom is 0.509 e. The number of para-hydroxylation sites is 2. The van der Waals surface area contributed by atoms with Gasteiger partial charge in [-0.05, 0) is 12.1 Å². The number of hydrogen-bond acceptors (Lipinski definition) is 4. The van der Waals surface area contributed by atoms with Crippen molar-refractivity contribution in [3.8, 4) is 11.5 Å². The Morgan fingerprint density at radius 3 is 2.86 bits per heavy atom. The predicted molar refractivity (Wildman–Crippen MR) is 45.5 cm³/mol. The molecule has 0 bridgehead atoms. The molecule has 1 aromatic carbocycles. The van der Waals surface area contributed by atoms with E-state index in [-0.39, 0.29) is 6.61 Å². The highest BCUT2D eigenvalue weighted by atomic mass is 16.8. The number of ether oxygens (including phenoxy) is 3. The summed E-state index contributed by atoms with van der Waals surface area (Å²) in [4.78, 5) is 10.2. The molecule has 0 radical (unpaired) electrons. The molecule has 1 heterocycles. The molecular weight excluding hydrogens is 188 g/mol. The SMILES string of the molecule is O=C(O)OC1COc2ccccc2O1. The van der Waals surface area contributed by atoms with Gasteiger partial charge < -0.3 is 19.3 Å². The Bertz CT molecular complexity index is 349. The Kier molecular flexibility index (Phi) is 2.14. The molecule has 0 saturated heterocycles. The van der Waals surface area contributed by atoms with Crippen LogP contribution in [0.15, 0.2) is 24.3 Å². The minimum Gasteiger partial charge on any atom is -0.482 e. The molecule has 14 heavy (non-hydrogen) atoms. The Morgan fingerprint density at radius 1 is 1.43 bits per heavy atom. The summed E-state index contributed by atoms with van der Waals surface area (Å²) in [6.07, 6.45) is -2.26. The van der Waals surface area contributed by atoms with E-state index in [1.54, 1.807) is 24.3 Å². The highest BCUT2D eigenvalue weighted by molar-refractivity contribution is 5.57. The van der Waals surface area contributed by atoms with Crippen molar-refractivity contribution in [3.63, 3.8) is 0 Å². The highest BCUT2D eigenvalue weighted by Gasteiger charge is 2.23. The third-order valence-corrected chi connectivity index (χ3v) is 1.71. The smallest absolute Gasteiger partial charge is 0.482 e. The topological polar surface area (TPSA) is 65.0 Å². The maximum atomic E-state index is 10.2. The zero-order valence-corrected chi connectivity index (χ0v) is 7.17. The fraction of sp³-hybridized carbons (Fsp3) is 0.222. The fourth-order valence-electron chi connectivity index (χ4n) is 1.17. The van der Waals surface area contributed by atoms with E-state index in [1.807, 2.05) is 0 Å². The lowest BCUT2D eigenvalue weighted by molar-refractivity contribution is -0.0894. The normalized spacial score (nSPS) is 18.7. The summed E-state index contributed by atoms with van der Waals surface area (Å²) in [6, 6.07) is 7.00. The molecule has 5 heteroatoms. The molecule has 5 nitrogen and oxygen atoms in total. The predicted octanol–water partition coefficient (Wildman–Crippen LogP) is 1.48. The van der Waals surface area contributed by atoms with Crippen LogP contribution in [-0.4, -0.2) is 24.2 Å². The number of benzene rings is 1. The molecule has 0 aliphatic carbocycles. The van der Waals surface area contributed by atoms with Gasteiger partial charge in [-0.2, -0.15) is 0 Å². The van der Waals surface area contributed by atoms with Gasteiger partial charge in [0.05, 0.1) is 0 Å². The van der Waals surface area contributed by atoms with Crippen LogP contribution >= 0.6 is 0 Å². The van der Waals surface area contributed by atoms with E-state index in [0.29, 0.717) is 11.5 Å². The fourth-order valence-corrected chi connectivity index (χ4v) is 1.17. The van der Waals surface area contributed by atoms with Crippen molar-refractivity contribution in [3.05, 3.63) is 24.3 Å². The summed E-state index contributed by atoms with van der Waals surface area (Å²) in [7, 11) is 0. The van der Waals surface area contributed by atoms with Crippen molar-refractivity contribution in [2.45, 2.75) is 6.29 Å². The van der Waals surface area contributed by atoms with Gasteiger partial charge in [-0.25, -0.2) is 4.79 Å². The van der Waals surface area contributed by atoms with Crippen LogP contribution in [0.1, 0.15) is 0 Å². The summed E-state index contributed by atoms with van der Waals surface area (Å²) in [6.45, 7) is 0.0727. The Morgan fingerprint density at radius 2 is 2.14 bits per heavy atom. The van der Waals surface area contributed by atoms with Gasteiger partial charge in [0.2, 0.25) is 0 Å². The maximum absolute atomic E-state index is 10.2. The molecule has 0 fully saturated rings. The summed E-state index contributed by atoms with van der Waals surface area (Å²) in [5.74, 6) is 1.09. The first kappa shape index (κ1) is 8.68. The van der Waals surface area contributed by atoms with E-state index >= 15 is 0 Å². The van der Waals surface area contributed by atoms with Crippen molar-refractivity contribution < 1.29 is 24.1 Å². The summed E-state index contributed by atoms with van der Waals surface area (Å²) < 4.78 is 14.9. The van der Waals surface area contributed by atoms with Gasteiger partial charge in [-0.15, -0.1) is 0 Å². The number of fused-ring (bicyclic) bond motifs is 1. The lowest BCUT2D eigenvalue weighted by Crippen LogP contribution is -2.33. The molecule has 1 aliphatic rings. The third-order valence-electron chi connectivity index (χ3n) is 1.71.